The van der Waals surface area contributed by atoms with E-state index in [0.29, 0.717) is 12.2 Å². The molecule has 2 heterocycles. The standard InChI is InChI=1S/C17H26N3O7PS/c1-11-8-12(27-14(11)20-5-4-13(18)19-16(20)23)9-26-28(24)25-6-7-29-15(22)17(2,3)10-21/h4-5,11-12,14,21H,6-10H2,1-3H3,(H-,18,19,23)/p+1/t11-,12-,14+/m0/s1. The maximum Gasteiger partial charge on any atom is 0.697 e. The normalized spacial score (nSPS) is 22.6. The molecular weight excluding hydrogens is 421 g/mol. The molecule has 1 aromatic heterocycles. The molecule has 1 aliphatic heterocycles. The SMILES string of the molecule is C[C@H]1C[C@@H](CO[P+](=O)OCCSC(=O)C(C)(C)CO)O[C@H]1n1ccc(N)nc1=O. The molecule has 10 nitrogen and oxygen atoms in total. The number of aromatic nitrogens is 2. The molecule has 1 saturated heterocycles. The Bertz CT molecular complexity index is 789. The Morgan fingerprint density at radius 1 is 1.52 bits per heavy atom. The van der Waals surface area contributed by atoms with E-state index in [2.05, 4.69) is 4.98 Å². The smallest absolute Gasteiger partial charge is 0.395 e. The van der Waals surface area contributed by atoms with E-state index in [9.17, 15) is 14.2 Å². The average molecular weight is 448 g/mol. The first-order chi connectivity index (χ1) is 13.6. The van der Waals surface area contributed by atoms with Crippen molar-refractivity contribution in [3.63, 3.8) is 0 Å². The van der Waals surface area contributed by atoms with Crippen molar-refractivity contribution < 1.29 is 28.3 Å². The lowest BCUT2D eigenvalue weighted by Gasteiger charge is -2.18. The number of nitrogens with two attached hydrogens (primary N) is 1. The zero-order valence-corrected chi connectivity index (χ0v) is 18.4. The monoisotopic (exact) mass is 448 g/mol. The third-order valence-electron chi connectivity index (χ3n) is 4.41. The van der Waals surface area contributed by atoms with Crippen LogP contribution in [0.5, 0.6) is 0 Å². The van der Waals surface area contributed by atoms with Gasteiger partial charge in [0, 0.05) is 22.4 Å². The van der Waals surface area contributed by atoms with Crippen molar-refractivity contribution >= 4 is 30.9 Å². The Labute approximate surface area is 174 Å². The van der Waals surface area contributed by atoms with Crippen LogP contribution >= 0.6 is 20.0 Å². The lowest BCUT2D eigenvalue weighted by Crippen LogP contribution is -2.29. The molecular formula is C17H27N3O7PS+. The molecule has 0 aliphatic carbocycles. The van der Waals surface area contributed by atoms with Gasteiger partial charge >= 0.3 is 13.9 Å². The molecule has 1 unspecified atom stereocenters. The van der Waals surface area contributed by atoms with Gasteiger partial charge in [-0.25, -0.2) is 4.79 Å². The average Bonchev–Trinajstić information content (AvgIpc) is 3.03. The Kier molecular flexibility index (Phi) is 8.74. The fraction of sp³-hybridized carbons (Fsp3) is 0.706. The van der Waals surface area contributed by atoms with E-state index in [1.807, 2.05) is 6.92 Å². The molecule has 1 aromatic rings. The molecule has 12 heteroatoms. The lowest BCUT2D eigenvalue weighted by atomic mass is 9.97. The number of hydrogen-bond donors (Lipinski definition) is 2. The van der Waals surface area contributed by atoms with E-state index in [4.69, 9.17) is 24.6 Å². The maximum atomic E-state index is 12.0. The van der Waals surface area contributed by atoms with Gasteiger partial charge in [0.15, 0.2) is 5.12 Å². The van der Waals surface area contributed by atoms with Crippen LogP contribution in [0.25, 0.3) is 0 Å². The molecule has 29 heavy (non-hydrogen) atoms. The van der Waals surface area contributed by atoms with Crippen molar-refractivity contribution in [3.05, 3.63) is 22.7 Å². The number of carbonyl (C=O) groups excluding carboxylic acids is 1. The molecule has 4 atom stereocenters. The minimum Gasteiger partial charge on any atom is -0.395 e. The Morgan fingerprint density at radius 2 is 2.24 bits per heavy atom. The maximum absolute atomic E-state index is 12.0. The third-order valence-corrected chi connectivity index (χ3v) is 6.34. The number of aliphatic hydroxyl groups is 1. The molecule has 1 fully saturated rings. The van der Waals surface area contributed by atoms with Crippen LogP contribution in [-0.4, -0.2) is 51.5 Å². The van der Waals surface area contributed by atoms with Crippen molar-refractivity contribution in [2.45, 2.75) is 39.5 Å². The van der Waals surface area contributed by atoms with Crippen molar-refractivity contribution in [2.75, 3.05) is 31.3 Å². The van der Waals surface area contributed by atoms with Crippen molar-refractivity contribution in [2.24, 2.45) is 11.3 Å². The third kappa shape index (κ3) is 6.84. The van der Waals surface area contributed by atoms with E-state index in [1.54, 1.807) is 13.8 Å². The van der Waals surface area contributed by atoms with Gasteiger partial charge in [-0.2, -0.15) is 4.98 Å². The second kappa shape index (κ2) is 10.6. The summed E-state index contributed by atoms with van der Waals surface area (Å²) in [6.07, 6.45) is 1.31. The van der Waals surface area contributed by atoms with Gasteiger partial charge in [-0.1, -0.05) is 18.7 Å². The van der Waals surface area contributed by atoms with Gasteiger partial charge in [-0.15, -0.1) is 9.05 Å². The van der Waals surface area contributed by atoms with E-state index in [-0.39, 0.29) is 42.8 Å². The lowest BCUT2D eigenvalue weighted by molar-refractivity contribution is -0.119. The topological polar surface area (TPSA) is 143 Å². The van der Waals surface area contributed by atoms with Crippen molar-refractivity contribution in [3.8, 4) is 0 Å². The van der Waals surface area contributed by atoms with Crippen LogP contribution in [-0.2, 0) is 23.1 Å². The van der Waals surface area contributed by atoms with Crippen LogP contribution in [0.3, 0.4) is 0 Å². The van der Waals surface area contributed by atoms with Gasteiger partial charge in [0.2, 0.25) is 0 Å². The molecule has 0 amide bonds. The van der Waals surface area contributed by atoms with Crippen LogP contribution in [0.2, 0.25) is 0 Å². The zero-order chi connectivity index (χ0) is 21.6. The van der Waals surface area contributed by atoms with Gasteiger partial charge in [0.25, 0.3) is 0 Å². The predicted octanol–water partition coefficient (Wildman–Crippen LogP) is 1.72. The summed E-state index contributed by atoms with van der Waals surface area (Å²) in [5, 5.41) is 8.99. The molecule has 0 bridgehead atoms. The number of carbonyl (C=O) groups is 1. The predicted molar refractivity (Wildman–Crippen MR) is 108 cm³/mol. The first-order valence-electron chi connectivity index (χ1n) is 9.15. The van der Waals surface area contributed by atoms with Crippen LogP contribution in [0.15, 0.2) is 17.1 Å². The van der Waals surface area contributed by atoms with Gasteiger partial charge in [-0.3, -0.25) is 9.36 Å². The van der Waals surface area contributed by atoms with Crippen LogP contribution in [0.4, 0.5) is 5.82 Å². The summed E-state index contributed by atoms with van der Waals surface area (Å²) in [4.78, 5) is 27.5. The highest BCUT2D eigenvalue weighted by Crippen LogP contribution is 2.35. The van der Waals surface area contributed by atoms with E-state index < -0.39 is 25.6 Å². The quantitative estimate of drug-likeness (QED) is 0.401. The summed E-state index contributed by atoms with van der Waals surface area (Å²) in [5.74, 6) is 0.479. The molecule has 162 valence electrons. The highest BCUT2D eigenvalue weighted by atomic mass is 32.2. The molecule has 0 spiro atoms. The summed E-state index contributed by atoms with van der Waals surface area (Å²) < 4.78 is 29.4. The van der Waals surface area contributed by atoms with Gasteiger partial charge < -0.3 is 15.6 Å². The number of aliphatic hydroxyl groups excluding tert-OH is 1. The number of thioether (sulfide) groups is 1. The fourth-order valence-electron chi connectivity index (χ4n) is 2.67. The number of anilines is 1. The summed E-state index contributed by atoms with van der Waals surface area (Å²) in [6, 6.07) is 1.52. The fourth-order valence-corrected chi connectivity index (χ4v) is 4.21. The van der Waals surface area contributed by atoms with Gasteiger partial charge in [0.05, 0.1) is 18.1 Å². The van der Waals surface area contributed by atoms with E-state index >= 15 is 0 Å². The first-order valence-corrected chi connectivity index (χ1v) is 11.2. The van der Waals surface area contributed by atoms with Gasteiger partial charge in [0.1, 0.15) is 25.3 Å². The Morgan fingerprint density at radius 3 is 2.90 bits per heavy atom. The molecule has 0 radical (unpaired) electrons. The highest BCUT2D eigenvalue weighted by Gasteiger charge is 2.36. The second-order valence-electron chi connectivity index (χ2n) is 7.43. The summed E-state index contributed by atoms with van der Waals surface area (Å²) in [7, 11) is -2.35. The zero-order valence-electron chi connectivity index (χ0n) is 16.6. The molecule has 0 saturated carbocycles. The number of ether oxygens (including phenoxy) is 1. The molecule has 3 N–H and O–H groups in total. The first kappa shape index (κ1) is 23.9. The summed E-state index contributed by atoms with van der Waals surface area (Å²) in [6.45, 7) is 5.12. The van der Waals surface area contributed by atoms with Crippen LogP contribution < -0.4 is 11.4 Å². The minimum absolute atomic E-state index is 0.0304. The number of hydrogen-bond acceptors (Lipinski definition) is 10. The highest BCUT2D eigenvalue weighted by molar-refractivity contribution is 8.13. The summed E-state index contributed by atoms with van der Waals surface area (Å²) in [5.41, 5.74) is 4.19. The number of rotatable bonds is 10. The van der Waals surface area contributed by atoms with Crippen molar-refractivity contribution in [1.29, 1.82) is 0 Å². The minimum atomic E-state index is -2.35. The molecule has 2 rings (SSSR count). The summed E-state index contributed by atoms with van der Waals surface area (Å²) >= 11 is 1.01. The van der Waals surface area contributed by atoms with Crippen LogP contribution in [0, 0.1) is 11.3 Å². The molecule has 1 aliphatic rings. The van der Waals surface area contributed by atoms with Crippen LogP contribution in [0.1, 0.15) is 33.4 Å². The number of nitrogens with zero attached hydrogens (tertiary/aromatic N) is 2. The van der Waals surface area contributed by atoms with Gasteiger partial charge in [-0.05, 0) is 26.3 Å². The second-order valence-corrected chi connectivity index (χ2v) is 9.47. The largest absolute Gasteiger partial charge is 0.697 e. The Balaban J connectivity index is 1.71. The van der Waals surface area contributed by atoms with E-state index in [1.165, 1.54) is 16.8 Å². The molecule has 0 aromatic carbocycles. The van der Waals surface area contributed by atoms with E-state index in [0.717, 1.165) is 11.8 Å². The van der Waals surface area contributed by atoms with Crippen molar-refractivity contribution in [1.82, 2.24) is 9.55 Å². The Hall–Kier alpha value is -1.36. The number of nitrogen functional groups attached to an aromatic ring is 1.